The van der Waals surface area contributed by atoms with Gasteiger partial charge in [-0.15, -0.1) is 0 Å². The standard InChI is InChI=1S/C24H30N2O5/c1-24(2,3)17-9-7-8-10-18(17)25-23(28)15-11-21(27)26(14-15)16-12-19(29-4)22(31-6)20(13-16)30-5/h7-10,12-13,15H,11,14H2,1-6H3,(H,25,28). The van der Waals surface area contributed by atoms with Crippen LogP contribution in [0.2, 0.25) is 0 Å². The molecule has 7 heteroatoms. The Balaban J connectivity index is 1.82. The first-order valence-electron chi connectivity index (χ1n) is 10.2. The van der Waals surface area contributed by atoms with Gasteiger partial charge in [0.05, 0.1) is 32.9 Å². The summed E-state index contributed by atoms with van der Waals surface area (Å²) < 4.78 is 16.1. The third-order valence-corrected chi connectivity index (χ3v) is 5.45. The third kappa shape index (κ3) is 4.60. The van der Waals surface area contributed by atoms with Gasteiger partial charge in [-0.1, -0.05) is 39.0 Å². The molecule has 2 aromatic rings. The summed E-state index contributed by atoms with van der Waals surface area (Å²) in [5.41, 5.74) is 2.31. The number of ether oxygens (including phenoxy) is 3. The molecule has 1 unspecified atom stereocenters. The van der Waals surface area contributed by atoms with Crippen LogP contribution in [0.1, 0.15) is 32.8 Å². The molecule has 1 N–H and O–H groups in total. The summed E-state index contributed by atoms with van der Waals surface area (Å²) in [6.07, 6.45) is 0.139. The Hall–Kier alpha value is -3.22. The van der Waals surface area contributed by atoms with Gasteiger partial charge in [0.1, 0.15) is 0 Å². The van der Waals surface area contributed by atoms with E-state index < -0.39 is 5.92 Å². The molecular formula is C24H30N2O5. The summed E-state index contributed by atoms with van der Waals surface area (Å²) in [6, 6.07) is 11.2. The minimum Gasteiger partial charge on any atom is -0.493 e. The summed E-state index contributed by atoms with van der Waals surface area (Å²) in [7, 11) is 4.57. The maximum Gasteiger partial charge on any atom is 0.229 e. The highest BCUT2D eigenvalue weighted by Crippen LogP contribution is 2.42. The zero-order chi connectivity index (χ0) is 22.8. The molecule has 0 aromatic heterocycles. The van der Waals surface area contributed by atoms with E-state index in [1.165, 1.54) is 21.3 Å². The van der Waals surface area contributed by atoms with Crippen molar-refractivity contribution in [2.24, 2.45) is 5.92 Å². The number of carbonyl (C=O) groups excluding carboxylic acids is 2. The lowest BCUT2D eigenvalue weighted by atomic mass is 9.85. The van der Waals surface area contributed by atoms with Crippen LogP contribution in [0.3, 0.4) is 0 Å². The minimum atomic E-state index is -0.459. The van der Waals surface area contributed by atoms with Crippen LogP contribution in [0.5, 0.6) is 17.2 Å². The summed E-state index contributed by atoms with van der Waals surface area (Å²) in [4.78, 5) is 27.3. The molecule has 0 bridgehead atoms. The van der Waals surface area contributed by atoms with Gasteiger partial charge in [-0.2, -0.15) is 0 Å². The van der Waals surface area contributed by atoms with Gasteiger partial charge in [0.2, 0.25) is 17.6 Å². The Kier molecular flexibility index (Phi) is 6.43. The quantitative estimate of drug-likeness (QED) is 0.756. The summed E-state index contributed by atoms with van der Waals surface area (Å²) in [5, 5.41) is 3.03. The molecule has 3 rings (SSSR count). The van der Waals surface area contributed by atoms with Crippen molar-refractivity contribution in [1.82, 2.24) is 0 Å². The number of anilines is 2. The molecule has 7 nitrogen and oxygen atoms in total. The monoisotopic (exact) mass is 426 g/mol. The Bertz CT molecular complexity index is 955. The fraction of sp³-hybridized carbons (Fsp3) is 0.417. The van der Waals surface area contributed by atoms with Crippen molar-refractivity contribution in [3.63, 3.8) is 0 Å². The second-order valence-corrected chi connectivity index (χ2v) is 8.57. The van der Waals surface area contributed by atoms with Gasteiger partial charge in [-0.3, -0.25) is 9.59 Å². The van der Waals surface area contributed by atoms with E-state index in [0.717, 1.165) is 11.3 Å². The van der Waals surface area contributed by atoms with Crippen LogP contribution >= 0.6 is 0 Å². The van der Waals surface area contributed by atoms with Gasteiger partial charge >= 0.3 is 0 Å². The van der Waals surface area contributed by atoms with Crippen LogP contribution in [-0.2, 0) is 15.0 Å². The number of amides is 2. The molecule has 1 heterocycles. The Morgan fingerprint density at radius 1 is 1.03 bits per heavy atom. The van der Waals surface area contributed by atoms with Crippen molar-refractivity contribution in [1.29, 1.82) is 0 Å². The van der Waals surface area contributed by atoms with Gasteiger partial charge in [0.15, 0.2) is 11.5 Å². The molecule has 31 heavy (non-hydrogen) atoms. The lowest BCUT2D eigenvalue weighted by Crippen LogP contribution is -2.29. The molecule has 2 aromatic carbocycles. The maximum absolute atomic E-state index is 13.0. The average molecular weight is 427 g/mol. The third-order valence-electron chi connectivity index (χ3n) is 5.45. The highest BCUT2D eigenvalue weighted by Gasteiger charge is 2.36. The number of hydrogen-bond acceptors (Lipinski definition) is 5. The van der Waals surface area contributed by atoms with Gasteiger partial charge in [0.25, 0.3) is 0 Å². The van der Waals surface area contributed by atoms with E-state index >= 15 is 0 Å². The first-order chi connectivity index (χ1) is 14.7. The lowest BCUT2D eigenvalue weighted by molar-refractivity contribution is -0.122. The first-order valence-corrected chi connectivity index (χ1v) is 10.2. The van der Waals surface area contributed by atoms with Gasteiger partial charge < -0.3 is 24.4 Å². The van der Waals surface area contributed by atoms with Gasteiger partial charge in [-0.05, 0) is 17.0 Å². The molecule has 166 valence electrons. The van der Waals surface area contributed by atoms with E-state index in [0.29, 0.717) is 22.9 Å². The summed E-state index contributed by atoms with van der Waals surface area (Å²) >= 11 is 0. The minimum absolute atomic E-state index is 0.113. The zero-order valence-corrected chi connectivity index (χ0v) is 18.9. The number of para-hydroxylation sites is 1. The van der Waals surface area contributed by atoms with Crippen molar-refractivity contribution in [2.75, 3.05) is 38.1 Å². The van der Waals surface area contributed by atoms with Crippen LogP contribution in [0, 0.1) is 5.92 Å². The van der Waals surface area contributed by atoms with E-state index in [9.17, 15) is 9.59 Å². The van der Waals surface area contributed by atoms with Crippen LogP contribution in [0.4, 0.5) is 11.4 Å². The van der Waals surface area contributed by atoms with E-state index in [4.69, 9.17) is 14.2 Å². The van der Waals surface area contributed by atoms with Crippen molar-refractivity contribution in [2.45, 2.75) is 32.6 Å². The predicted molar refractivity (Wildman–Crippen MR) is 120 cm³/mol. The average Bonchev–Trinajstić information content (AvgIpc) is 3.14. The lowest BCUT2D eigenvalue weighted by Gasteiger charge is -2.24. The fourth-order valence-corrected chi connectivity index (χ4v) is 3.84. The molecule has 1 saturated heterocycles. The highest BCUT2D eigenvalue weighted by molar-refractivity contribution is 6.04. The molecule has 0 spiro atoms. The van der Waals surface area contributed by atoms with Crippen LogP contribution in [0.25, 0.3) is 0 Å². The number of methoxy groups -OCH3 is 3. The number of hydrogen-bond donors (Lipinski definition) is 1. The molecule has 1 fully saturated rings. The van der Waals surface area contributed by atoms with Crippen molar-refractivity contribution in [3.05, 3.63) is 42.0 Å². The van der Waals surface area contributed by atoms with Crippen molar-refractivity contribution < 1.29 is 23.8 Å². The SMILES string of the molecule is COc1cc(N2CC(C(=O)Nc3ccccc3C(C)(C)C)CC2=O)cc(OC)c1OC. The Labute approximate surface area is 183 Å². The van der Waals surface area contributed by atoms with Gasteiger partial charge in [-0.25, -0.2) is 0 Å². The Morgan fingerprint density at radius 3 is 2.19 bits per heavy atom. The molecule has 2 amide bonds. The number of carbonyl (C=O) groups is 2. The number of benzene rings is 2. The number of nitrogens with one attached hydrogen (secondary N) is 1. The Morgan fingerprint density at radius 2 is 1.65 bits per heavy atom. The largest absolute Gasteiger partial charge is 0.493 e. The molecule has 0 saturated carbocycles. The molecule has 0 aliphatic carbocycles. The highest BCUT2D eigenvalue weighted by atomic mass is 16.5. The van der Waals surface area contributed by atoms with E-state index in [1.54, 1.807) is 17.0 Å². The van der Waals surface area contributed by atoms with E-state index in [2.05, 4.69) is 26.1 Å². The molecule has 1 aliphatic rings. The topological polar surface area (TPSA) is 77.1 Å². The van der Waals surface area contributed by atoms with Crippen molar-refractivity contribution >= 4 is 23.2 Å². The van der Waals surface area contributed by atoms with Crippen LogP contribution < -0.4 is 24.4 Å². The van der Waals surface area contributed by atoms with E-state index in [-0.39, 0.29) is 30.2 Å². The second kappa shape index (κ2) is 8.88. The molecule has 1 aliphatic heterocycles. The normalized spacial score (nSPS) is 16.3. The molecular weight excluding hydrogens is 396 g/mol. The molecule has 0 radical (unpaired) electrons. The molecule has 1 atom stereocenters. The predicted octanol–water partition coefficient (Wildman–Crippen LogP) is 4.00. The summed E-state index contributed by atoms with van der Waals surface area (Å²) in [5.74, 6) is 0.611. The first kappa shape index (κ1) is 22.5. The van der Waals surface area contributed by atoms with Crippen molar-refractivity contribution in [3.8, 4) is 17.2 Å². The van der Waals surface area contributed by atoms with Gasteiger partial charge in [0, 0.05) is 30.8 Å². The smallest absolute Gasteiger partial charge is 0.229 e. The number of rotatable bonds is 6. The fourth-order valence-electron chi connectivity index (χ4n) is 3.84. The van der Waals surface area contributed by atoms with Crippen LogP contribution in [-0.4, -0.2) is 39.7 Å². The zero-order valence-electron chi connectivity index (χ0n) is 18.9. The van der Waals surface area contributed by atoms with E-state index in [1.807, 2.05) is 24.3 Å². The van der Waals surface area contributed by atoms with Crippen LogP contribution in [0.15, 0.2) is 36.4 Å². The maximum atomic E-state index is 13.0. The summed E-state index contributed by atoms with van der Waals surface area (Å²) in [6.45, 7) is 6.58. The number of nitrogens with zero attached hydrogens (tertiary/aromatic N) is 1. The second-order valence-electron chi connectivity index (χ2n) is 8.57.